The maximum absolute atomic E-state index is 10.0. The lowest BCUT2D eigenvalue weighted by Crippen LogP contribution is -1.73. The molecule has 3 nitrogen and oxygen atoms in total. The Morgan fingerprint density at radius 2 is 2.18 bits per heavy atom. The summed E-state index contributed by atoms with van der Waals surface area (Å²) in [6, 6.07) is 7.76. The summed E-state index contributed by atoms with van der Waals surface area (Å²) in [4.78, 5) is 9.05. The molecule has 0 aliphatic carbocycles. The maximum Gasteiger partial charge on any atom is 0.209 e. The van der Waals surface area contributed by atoms with Crippen LogP contribution in [0.2, 0.25) is 0 Å². The lowest BCUT2D eigenvalue weighted by atomic mass is 10.2. The fourth-order valence-corrected chi connectivity index (χ4v) is 2.98. The van der Waals surface area contributed by atoms with E-state index >= 15 is 0 Å². The van der Waals surface area contributed by atoms with E-state index in [0.717, 1.165) is 15.0 Å². The predicted octanol–water partition coefficient (Wildman–Crippen LogP) is 3.81. The Hall–Kier alpha value is -1.72. The maximum atomic E-state index is 10.0. The van der Waals surface area contributed by atoms with Crippen LogP contribution in [0.4, 0.5) is 5.13 Å². The minimum Gasteiger partial charge on any atom is -0.506 e. The third-order valence-corrected chi connectivity index (χ3v) is 4.08. The monoisotopic (exact) mass is 260 g/mol. The molecule has 0 aliphatic rings. The van der Waals surface area contributed by atoms with Gasteiger partial charge in [-0.05, 0) is 12.1 Å². The molecule has 0 fully saturated rings. The van der Waals surface area contributed by atoms with Crippen molar-refractivity contribution in [1.29, 1.82) is 0 Å². The van der Waals surface area contributed by atoms with Gasteiger partial charge >= 0.3 is 0 Å². The summed E-state index contributed by atoms with van der Waals surface area (Å²) in [6.07, 6.45) is 3.38. The molecule has 0 saturated carbocycles. The second kappa shape index (κ2) is 4.27. The molecule has 84 valence electrons. The molecule has 0 atom stereocenters. The van der Waals surface area contributed by atoms with Gasteiger partial charge in [0.05, 0.1) is 11.1 Å². The third kappa shape index (κ3) is 1.94. The lowest BCUT2D eigenvalue weighted by Gasteiger charge is -1.89. The Morgan fingerprint density at radius 3 is 2.94 bits per heavy atom. The highest BCUT2D eigenvalue weighted by molar-refractivity contribution is 7.21. The van der Waals surface area contributed by atoms with Crippen LogP contribution < -0.4 is 0 Å². The molecule has 17 heavy (non-hydrogen) atoms. The van der Waals surface area contributed by atoms with Gasteiger partial charge in [-0.2, -0.15) is 0 Å². The van der Waals surface area contributed by atoms with Crippen LogP contribution in [0.25, 0.3) is 10.1 Å². The first-order valence-electron chi connectivity index (χ1n) is 4.98. The van der Waals surface area contributed by atoms with Crippen molar-refractivity contribution in [2.45, 2.75) is 0 Å². The number of fused-ring (bicyclic) bond motifs is 1. The number of thiophene rings is 1. The van der Waals surface area contributed by atoms with Gasteiger partial charge in [0.1, 0.15) is 5.75 Å². The van der Waals surface area contributed by atoms with Crippen molar-refractivity contribution in [3.8, 4) is 5.75 Å². The first kappa shape index (κ1) is 10.4. The fraction of sp³-hybridized carbons (Fsp3) is 0. The second-order valence-corrected chi connectivity index (χ2v) is 5.34. The number of aromatic nitrogens is 1. The van der Waals surface area contributed by atoms with Gasteiger partial charge in [0.2, 0.25) is 5.13 Å². The molecule has 0 saturated heterocycles. The van der Waals surface area contributed by atoms with Crippen molar-refractivity contribution >= 4 is 44.1 Å². The van der Waals surface area contributed by atoms with Crippen molar-refractivity contribution in [3.63, 3.8) is 0 Å². The second-order valence-electron chi connectivity index (χ2n) is 3.38. The Kier molecular flexibility index (Phi) is 2.62. The molecule has 0 aliphatic heterocycles. The quantitative estimate of drug-likeness (QED) is 0.712. The molecule has 3 rings (SSSR count). The fourth-order valence-electron chi connectivity index (χ4n) is 1.53. The minimum absolute atomic E-state index is 0.297. The van der Waals surface area contributed by atoms with Crippen molar-refractivity contribution < 1.29 is 5.11 Å². The largest absolute Gasteiger partial charge is 0.506 e. The molecule has 0 unspecified atom stereocenters. The molecule has 0 radical (unpaired) electrons. The summed E-state index contributed by atoms with van der Waals surface area (Å²) in [5.74, 6) is 0.297. The van der Waals surface area contributed by atoms with E-state index in [0.29, 0.717) is 10.9 Å². The summed E-state index contributed by atoms with van der Waals surface area (Å²) in [5.41, 5.74) is 0. The molecule has 1 aromatic carbocycles. The molecule has 1 N–H and O–H groups in total. The van der Waals surface area contributed by atoms with Crippen molar-refractivity contribution in [2.75, 3.05) is 0 Å². The molecule has 5 heteroatoms. The molecule has 0 amide bonds. The zero-order valence-electron chi connectivity index (χ0n) is 8.70. The standard InChI is InChI=1S/C12H8N2OS2/c15-11-8-3-1-2-4-9(8)17-10(11)7-14-12-13-5-6-16-12/h1-7,15H/b14-7+. The van der Waals surface area contributed by atoms with Gasteiger partial charge < -0.3 is 5.11 Å². The Morgan fingerprint density at radius 1 is 1.29 bits per heavy atom. The molecular weight excluding hydrogens is 252 g/mol. The van der Waals surface area contributed by atoms with Gasteiger partial charge in [0.25, 0.3) is 0 Å². The smallest absolute Gasteiger partial charge is 0.209 e. The van der Waals surface area contributed by atoms with Gasteiger partial charge in [-0.3, -0.25) is 0 Å². The first-order chi connectivity index (χ1) is 8.34. The zero-order valence-corrected chi connectivity index (χ0v) is 10.3. The van der Waals surface area contributed by atoms with Gasteiger partial charge in [0, 0.05) is 21.7 Å². The number of aliphatic imine (C=N–C) groups is 1. The highest BCUT2D eigenvalue weighted by atomic mass is 32.1. The van der Waals surface area contributed by atoms with Crippen molar-refractivity contribution in [2.24, 2.45) is 4.99 Å². The number of benzene rings is 1. The highest BCUT2D eigenvalue weighted by Gasteiger charge is 2.08. The Labute approximate surface area is 106 Å². The van der Waals surface area contributed by atoms with Crippen LogP contribution in [0.3, 0.4) is 0 Å². The predicted molar refractivity (Wildman–Crippen MR) is 72.9 cm³/mol. The van der Waals surface area contributed by atoms with E-state index in [1.54, 1.807) is 12.4 Å². The molecule has 0 spiro atoms. The number of hydrogen-bond acceptors (Lipinski definition) is 5. The summed E-state index contributed by atoms with van der Waals surface area (Å²) in [7, 11) is 0. The number of hydrogen-bond donors (Lipinski definition) is 1. The molecule has 0 bridgehead atoms. The van der Waals surface area contributed by atoms with Gasteiger partial charge in [0.15, 0.2) is 0 Å². The number of thiazole rings is 1. The van der Waals surface area contributed by atoms with E-state index in [1.807, 2.05) is 29.6 Å². The summed E-state index contributed by atoms with van der Waals surface area (Å²) in [5, 5.41) is 13.5. The van der Waals surface area contributed by atoms with E-state index < -0.39 is 0 Å². The van der Waals surface area contributed by atoms with Gasteiger partial charge in [-0.15, -0.1) is 22.7 Å². The summed E-state index contributed by atoms with van der Waals surface area (Å²) in [6.45, 7) is 0. The van der Waals surface area contributed by atoms with E-state index in [1.165, 1.54) is 22.7 Å². The normalized spacial score (nSPS) is 11.5. The number of aromatic hydroxyl groups is 1. The number of rotatable bonds is 2. The Balaban J connectivity index is 2.03. The van der Waals surface area contributed by atoms with Gasteiger partial charge in [-0.1, -0.05) is 12.1 Å². The van der Waals surface area contributed by atoms with Crippen LogP contribution >= 0.6 is 22.7 Å². The van der Waals surface area contributed by atoms with Crippen LogP contribution in [0.1, 0.15) is 4.88 Å². The topological polar surface area (TPSA) is 45.5 Å². The summed E-state index contributed by atoms with van der Waals surface area (Å²) >= 11 is 2.99. The molecule has 2 heterocycles. The van der Waals surface area contributed by atoms with E-state index in [4.69, 9.17) is 0 Å². The van der Waals surface area contributed by atoms with E-state index in [-0.39, 0.29) is 0 Å². The van der Waals surface area contributed by atoms with Crippen LogP contribution in [0.15, 0.2) is 40.8 Å². The number of nitrogens with zero attached hydrogens (tertiary/aromatic N) is 2. The van der Waals surface area contributed by atoms with Crippen molar-refractivity contribution in [3.05, 3.63) is 40.7 Å². The lowest BCUT2D eigenvalue weighted by molar-refractivity contribution is 0.483. The summed E-state index contributed by atoms with van der Waals surface area (Å²) < 4.78 is 1.06. The highest BCUT2D eigenvalue weighted by Crippen LogP contribution is 2.35. The van der Waals surface area contributed by atoms with Crippen LogP contribution in [0, 0.1) is 0 Å². The van der Waals surface area contributed by atoms with Crippen molar-refractivity contribution in [1.82, 2.24) is 4.98 Å². The van der Waals surface area contributed by atoms with Gasteiger partial charge in [-0.25, -0.2) is 9.98 Å². The van der Waals surface area contributed by atoms with Crippen LogP contribution in [-0.2, 0) is 0 Å². The third-order valence-electron chi connectivity index (χ3n) is 2.31. The van der Waals surface area contributed by atoms with Crippen LogP contribution in [-0.4, -0.2) is 16.3 Å². The average Bonchev–Trinajstić information content (AvgIpc) is 2.96. The van der Waals surface area contributed by atoms with E-state index in [2.05, 4.69) is 9.98 Å². The zero-order chi connectivity index (χ0) is 11.7. The molecule has 2 aromatic heterocycles. The van der Waals surface area contributed by atoms with Crippen LogP contribution in [0.5, 0.6) is 5.75 Å². The Bertz CT molecular complexity index is 671. The molecular formula is C12H8N2OS2. The molecule has 3 aromatic rings. The minimum atomic E-state index is 0.297. The SMILES string of the molecule is Oc1c(/C=N/c2nccs2)sc2ccccc12. The average molecular weight is 260 g/mol. The van der Waals surface area contributed by atoms with E-state index in [9.17, 15) is 5.11 Å². The first-order valence-corrected chi connectivity index (χ1v) is 6.68.